The Kier molecular flexibility index (Phi) is 4.62. The summed E-state index contributed by atoms with van der Waals surface area (Å²) in [5, 5.41) is 5.44. The van der Waals surface area contributed by atoms with Crippen molar-refractivity contribution in [1.82, 2.24) is 10.6 Å². The van der Waals surface area contributed by atoms with Gasteiger partial charge >= 0.3 is 6.03 Å². The summed E-state index contributed by atoms with van der Waals surface area (Å²) in [4.78, 5) is 23.7. The molecule has 1 aliphatic rings. The van der Waals surface area contributed by atoms with Crippen LogP contribution in [0.4, 0.5) is 4.79 Å². The molecule has 2 amide bonds. The van der Waals surface area contributed by atoms with E-state index in [0.29, 0.717) is 23.6 Å². The van der Waals surface area contributed by atoms with E-state index in [9.17, 15) is 9.59 Å². The zero-order chi connectivity index (χ0) is 15.4. The quantitative estimate of drug-likeness (QED) is 0.875. The number of ketones is 1. The van der Waals surface area contributed by atoms with E-state index in [-0.39, 0.29) is 11.8 Å². The molecule has 2 rings (SSSR count). The van der Waals surface area contributed by atoms with Crippen LogP contribution >= 0.6 is 0 Å². The Morgan fingerprint density at radius 3 is 2.71 bits per heavy atom. The van der Waals surface area contributed by atoms with Gasteiger partial charge in [-0.25, -0.2) is 4.79 Å². The molecule has 112 valence electrons. The second-order valence-corrected chi connectivity index (χ2v) is 5.01. The molecule has 0 saturated carbocycles. The number of para-hydroxylation sites is 1. The molecule has 1 aromatic carbocycles. The number of carbonyl (C=O) groups excluding carboxylic acids is 2. The maximum absolute atomic E-state index is 11.9. The molecule has 1 unspecified atom stereocenters. The van der Waals surface area contributed by atoms with Crippen molar-refractivity contribution >= 4 is 11.8 Å². The molecule has 1 atom stereocenters. The molecule has 1 aliphatic heterocycles. The predicted molar refractivity (Wildman–Crippen MR) is 80.0 cm³/mol. The fraction of sp³-hybridized carbons (Fsp3) is 0.375. The van der Waals surface area contributed by atoms with Crippen LogP contribution < -0.4 is 15.4 Å². The van der Waals surface area contributed by atoms with Gasteiger partial charge in [0.2, 0.25) is 0 Å². The van der Waals surface area contributed by atoms with Gasteiger partial charge in [-0.15, -0.1) is 0 Å². The smallest absolute Gasteiger partial charge is 0.319 e. The van der Waals surface area contributed by atoms with Crippen molar-refractivity contribution < 1.29 is 14.3 Å². The number of amides is 2. The van der Waals surface area contributed by atoms with Crippen molar-refractivity contribution in [3.63, 3.8) is 0 Å². The first-order valence-electron chi connectivity index (χ1n) is 7.05. The van der Waals surface area contributed by atoms with E-state index in [1.54, 1.807) is 6.92 Å². The first-order chi connectivity index (χ1) is 10.0. The van der Waals surface area contributed by atoms with Crippen LogP contribution in [-0.2, 0) is 4.79 Å². The number of urea groups is 1. The van der Waals surface area contributed by atoms with Crippen LogP contribution in [0.3, 0.4) is 0 Å². The van der Waals surface area contributed by atoms with E-state index in [1.165, 1.54) is 6.92 Å². The number of rotatable bonds is 5. The normalized spacial score (nSPS) is 18.0. The zero-order valence-electron chi connectivity index (χ0n) is 12.5. The summed E-state index contributed by atoms with van der Waals surface area (Å²) in [5.41, 5.74) is 1.94. The molecular formula is C16H20N2O3. The number of carbonyl (C=O) groups is 2. The lowest BCUT2D eigenvalue weighted by Gasteiger charge is -2.29. The monoisotopic (exact) mass is 288 g/mol. The zero-order valence-corrected chi connectivity index (χ0v) is 12.5. The Labute approximate surface area is 124 Å². The molecule has 1 heterocycles. The topological polar surface area (TPSA) is 67.4 Å². The molecule has 5 nitrogen and oxygen atoms in total. The Hall–Kier alpha value is -2.30. The second kappa shape index (κ2) is 6.43. The average Bonchev–Trinajstić information content (AvgIpc) is 2.44. The van der Waals surface area contributed by atoms with Gasteiger partial charge < -0.3 is 15.4 Å². The largest absolute Gasteiger partial charge is 0.493 e. The van der Waals surface area contributed by atoms with E-state index >= 15 is 0 Å². The SMILES string of the molecule is CCCOc1ccccc1C1NC(=O)NC(C)=C1C(C)=O. The fourth-order valence-corrected chi connectivity index (χ4v) is 2.46. The summed E-state index contributed by atoms with van der Waals surface area (Å²) in [6, 6.07) is 6.68. The molecule has 0 bridgehead atoms. The van der Waals surface area contributed by atoms with Gasteiger partial charge in [-0.1, -0.05) is 25.1 Å². The lowest BCUT2D eigenvalue weighted by molar-refractivity contribution is -0.114. The van der Waals surface area contributed by atoms with Crippen LogP contribution in [0.25, 0.3) is 0 Å². The van der Waals surface area contributed by atoms with Gasteiger partial charge in [0.05, 0.1) is 12.6 Å². The molecule has 0 saturated heterocycles. The van der Waals surface area contributed by atoms with E-state index in [2.05, 4.69) is 10.6 Å². The van der Waals surface area contributed by atoms with Crippen molar-refractivity contribution in [2.24, 2.45) is 0 Å². The lowest BCUT2D eigenvalue weighted by Crippen LogP contribution is -2.44. The predicted octanol–water partition coefficient (Wildman–Crippen LogP) is 2.69. The first kappa shape index (κ1) is 15.1. The summed E-state index contributed by atoms with van der Waals surface area (Å²) in [5.74, 6) is 0.619. The van der Waals surface area contributed by atoms with Crippen LogP contribution in [0.2, 0.25) is 0 Å². The number of allylic oxidation sites excluding steroid dienone is 1. The number of hydrogen-bond acceptors (Lipinski definition) is 3. The summed E-state index contributed by atoms with van der Waals surface area (Å²) in [6.45, 7) is 5.85. The van der Waals surface area contributed by atoms with E-state index in [0.717, 1.165) is 12.0 Å². The van der Waals surface area contributed by atoms with Gasteiger partial charge in [0.1, 0.15) is 5.75 Å². The lowest BCUT2D eigenvalue weighted by atomic mass is 9.92. The Balaban J connectivity index is 2.46. The highest BCUT2D eigenvalue weighted by Gasteiger charge is 2.30. The molecule has 2 N–H and O–H groups in total. The van der Waals surface area contributed by atoms with E-state index in [4.69, 9.17) is 4.74 Å². The standard InChI is InChI=1S/C16H20N2O3/c1-4-9-21-13-8-6-5-7-12(13)15-14(11(3)19)10(2)17-16(20)18-15/h5-8,15H,4,9H2,1-3H3,(H2,17,18,20). The number of hydrogen-bond donors (Lipinski definition) is 2. The van der Waals surface area contributed by atoms with Gasteiger partial charge in [0, 0.05) is 16.8 Å². The number of benzene rings is 1. The molecule has 0 radical (unpaired) electrons. The van der Waals surface area contributed by atoms with Crippen LogP contribution in [-0.4, -0.2) is 18.4 Å². The highest BCUT2D eigenvalue weighted by Crippen LogP contribution is 2.33. The molecule has 21 heavy (non-hydrogen) atoms. The third-order valence-corrected chi connectivity index (χ3v) is 3.34. The molecular weight excluding hydrogens is 268 g/mol. The van der Waals surface area contributed by atoms with Crippen LogP contribution in [0.15, 0.2) is 35.5 Å². The molecule has 0 aliphatic carbocycles. The fourth-order valence-electron chi connectivity index (χ4n) is 2.46. The highest BCUT2D eigenvalue weighted by molar-refractivity contribution is 5.98. The van der Waals surface area contributed by atoms with Gasteiger partial charge in [-0.2, -0.15) is 0 Å². The van der Waals surface area contributed by atoms with Gasteiger partial charge in [0.25, 0.3) is 0 Å². The van der Waals surface area contributed by atoms with Gasteiger partial charge in [-0.3, -0.25) is 4.79 Å². The Morgan fingerprint density at radius 2 is 2.05 bits per heavy atom. The van der Waals surface area contributed by atoms with Crippen molar-refractivity contribution in [2.75, 3.05) is 6.61 Å². The number of Topliss-reactive ketones (excluding diaryl/α,β-unsaturated/α-hetero) is 1. The summed E-state index contributed by atoms with van der Waals surface area (Å²) < 4.78 is 5.73. The minimum Gasteiger partial charge on any atom is -0.493 e. The van der Waals surface area contributed by atoms with Crippen molar-refractivity contribution in [1.29, 1.82) is 0 Å². The van der Waals surface area contributed by atoms with Crippen molar-refractivity contribution in [3.05, 3.63) is 41.1 Å². The first-order valence-corrected chi connectivity index (χ1v) is 7.05. The minimum absolute atomic E-state index is 0.0738. The van der Waals surface area contributed by atoms with E-state index < -0.39 is 6.04 Å². The highest BCUT2D eigenvalue weighted by atomic mass is 16.5. The molecule has 5 heteroatoms. The van der Waals surface area contributed by atoms with Crippen LogP contribution in [0.1, 0.15) is 38.8 Å². The maximum atomic E-state index is 11.9. The summed E-state index contributed by atoms with van der Waals surface area (Å²) in [7, 11) is 0. The van der Waals surface area contributed by atoms with Gasteiger partial charge in [-0.05, 0) is 26.3 Å². The van der Waals surface area contributed by atoms with Crippen LogP contribution in [0.5, 0.6) is 5.75 Å². The third-order valence-electron chi connectivity index (χ3n) is 3.34. The Bertz CT molecular complexity index is 593. The van der Waals surface area contributed by atoms with Gasteiger partial charge in [0.15, 0.2) is 5.78 Å². The maximum Gasteiger partial charge on any atom is 0.319 e. The third kappa shape index (κ3) is 3.24. The Morgan fingerprint density at radius 1 is 1.33 bits per heavy atom. The summed E-state index contributed by atoms with van der Waals surface area (Å²) in [6.07, 6.45) is 0.890. The van der Waals surface area contributed by atoms with Crippen molar-refractivity contribution in [2.45, 2.75) is 33.2 Å². The molecule has 0 aromatic heterocycles. The molecule has 0 fully saturated rings. The van der Waals surface area contributed by atoms with Crippen molar-refractivity contribution in [3.8, 4) is 5.75 Å². The molecule has 0 spiro atoms. The minimum atomic E-state index is -0.482. The number of ether oxygens (including phenoxy) is 1. The van der Waals surface area contributed by atoms with Crippen LogP contribution in [0, 0.1) is 0 Å². The molecule has 1 aromatic rings. The number of nitrogens with one attached hydrogen (secondary N) is 2. The summed E-state index contributed by atoms with van der Waals surface area (Å²) >= 11 is 0. The second-order valence-electron chi connectivity index (χ2n) is 5.01. The van der Waals surface area contributed by atoms with E-state index in [1.807, 2.05) is 31.2 Å². The average molecular weight is 288 g/mol.